The van der Waals surface area contributed by atoms with Crippen LogP contribution in [0.4, 0.5) is 0 Å². The Bertz CT molecular complexity index is 1160. The van der Waals surface area contributed by atoms with Gasteiger partial charge in [-0.1, -0.05) is 50.0 Å². The van der Waals surface area contributed by atoms with Gasteiger partial charge < -0.3 is 21.9 Å². The van der Waals surface area contributed by atoms with Crippen LogP contribution in [-0.4, -0.2) is 242 Å². The molecular weight excluding hydrogens is 1710 g/mol. The van der Waals surface area contributed by atoms with Crippen molar-refractivity contribution in [2.24, 2.45) is 47.3 Å². The Morgan fingerprint density at radius 2 is 0.682 bits per heavy atom. The second-order valence-electron chi connectivity index (χ2n) is 20.1. The molecular formula is C47H106In4O8Si3Sn4. The third-order valence-corrected chi connectivity index (χ3v) is 46.6. The summed E-state index contributed by atoms with van der Waals surface area (Å²) in [6, 6.07) is 9.45. The summed E-state index contributed by atoms with van der Waals surface area (Å²) in [5.74, 6) is 9.99. The molecule has 0 spiro atoms. The first-order valence-corrected chi connectivity index (χ1v) is 37.6. The molecule has 0 aliphatic heterocycles. The van der Waals surface area contributed by atoms with Crippen LogP contribution in [0.15, 0.2) is 60.8 Å². The summed E-state index contributed by atoms with van der Waals surface area (Å²) in [6.07, 6.45) is 17.2. The van der Waals surface area contributed by atoms with Gasteiger partial charge in [0.1, 0.15) is 0 Å². The van der Waals surface area contributed by atoms with E-state index in [2.05, 4.69) is 88.3 Å². The molecule has 0 aromatic carbocycles. The monoisotopic (exact) mass is 1820 g/mol. The van der Waals surface area contributed by atoms with Crippen molar-refractivity contribution in [3.05, 3.63) is 60.8 Å². The van der Waals surface area contributed by atoms with Gasteiger partial charge in [0.25, 0.3) is 0 Å². The van der Waals surface area contributed by atoms with Gasteiger partial charge in [0.05, 0.1) is 8.07 Å². The molecule has 0 saturated heterocycles. The van der Waals surface area contributed by atoms with Crippen LogP contribution >= 0.6 is 0 Å². The summed E-state index contributed by atoms with van der Waals surface area (Å²) >= 11 is 2.32. The molecule has 6 saturated carbocycles. The minimum absolute atomic E-state index is 0. The van der Waals surface area contributed by atoms with Gasteiger partial charge >= 0.3 is 325 Å². The van der Waals surface area contributed by atoms with E-state index in [1.54, 1.807) is 38.5 Å². The van der Waals surface area contributed by atoms with E-state index >= 15 is 0 Å². The normalized spacial score (nSPS) is 24.2. The van der Waals surface area contributed by atoms with Crippen molar-refractivity contribution in [3.63, 3.8) is 0 Å². The quantitative estimate of drug-likeness (QED) is 0.0921. The summed E-state index contributed by atoms with van der Waals surface area (Å²) in [5.41, 5.74) is 6.45. The van der Waals surface area contributed by atoms with Gasteiger partial charge in [0.15, 0.2) is 0 Å². The summed E-state index contributed by atoms with van der Waals surface area (Å²) in [4.78, 5) is 0. The zero-order chi connectivity index (χ0) is 43.0. The van der Waals surface area contributed by atoms with Crippen LogP contribution in [0.25, 0.3) is 0 Å². The summed E-state index contributed by atoms with van der Waals surface area (Å²) in [6.45, 7) is 37.7. The van der Waals surface area contributed by atoms with E-state index in [1.807, 2.05) is 0 Å². The van der Waals surface area contributed by atoms with Crippen LogP contribution in [0.1, 0.15) is 140 Å². The molecule has 2 atom stereocenters. The van der Waals surface area contributed by atoms with Crippen LogP contribution < -0.4 is 0 Å². The first-order valence-electron chi connectivity index (χ1n) is 23.0. The molecule has 382 valence electrons. The van der Waals surface area contributed by atoms with Gasteiger partial charge in [0.2, 0.25) is 0 Å². The standard InChI is InChI=1S/C16H30Si.2C8H16O2Si.2C7H10.CH4.4In.4H2O.4Sn.12H/c1-8-9-10-17(11-14(2)3,12-15(4)5)13-16(6)7;2*1-4-5-6-11(9,10)7-8(2)3;2*1-4-2-6-3-5(1)7(4)6;;;;;;;;;;;;;;;;;;;;;;;;;/h2,4,6,8-13H2,1,3,5,7H3;2*2,4-7H2,1,3H3;2*4-7H,1-3H2;1H4;;;;;4*1H2;;;;;;;;;;;;;;;;/q;2*-2;;;;;;2*+1;;;;;;;2*+1;;;;;;;;;;;;. The van der Waals surface area contributed by atoms with Crippen molar-refractivity contribution >= 4 is 220 Å². The van der Waals surface area contributed by atoms with E-state index in [-0.39, 0.29) is 129 Å². The van der Waals surface area contributed by atoms with Crippen LogP contribution in [0.5, 0.6) is 0 Å². The number of hydrogen-bond acceptors (Lipinski definition) is 4. The summed E-state index contributed by atoms with van der Waals surface area (Å²) in [7, 11) is -4.86. The van der Waals surface area contributed by atoms with Crippen LogP contribution in [-0.2, 0) is 10.6 Å². The van der Waals surface area contributed by atoms with Gasteiger partial charge in [-0.05, 0) is 125 Å². The van der Waals surface area contributed by atoms with Crippen LogP contribution in [0, 0.1) is 47.3 Å². The molecule has 12 radical (unpaired) electrons. The fraction of sp³-hybridized carbons (Fsp3) is 0.787. The maximum atomic E-state index is 5.80. The molecule has 8 nitrogen and oxygen atoms in total. The molecule has 2 unspecified atom stereocenters. The second kappa shape index (κ2) is 45.7. The molecule has 6 rings (SSSR count). The number of rotatable bonds is 23. The average Bonchev–Trinajstić information content (AvgIpc) is 3.14. The zero-order valence-electron chi connectivity index (χ0n) is 44.2. The Morgan fingerprint density at radius 3 is 0.803 bits per heavy atom. The summed E-state index contributed by atoms with van der Waals surface area (Å²) < 4.78 is 23.1. The van der Waals surface area contributed by atoms with Crippen molar-refractivity contribution in [1.82, 2.24) is 0 Å². The average molecular weight is 1820 g/mol. The van der Waals surface area contributed by atoms with Gasteiger partial charge in [-0.25, -0.2) is 0 Å². The Kier molecular flexibility index (Phi) is 61.2. The maximum absolute atomic E-state index is 5.80. The van der Waals surface area contributed by atoms with E-state index in [4.69, 9.17) is 10.6 Å². The third-order valence-electron chi connectivity index (χ3n) is 14.1. The van der Waals surface area contributed by atoms with Crippen molar-refractivity contribution in [2.75, 3.05) is 0 Å². The number of hydrogen-bond donors (Lipinski definition) is 0. The first kappa shape index (κ1) is 88.3. The van der Waals surface area contributed by atoms with Crippen molar-refractivity contribution in [1.29, 1.82) is 0 Å². The van der Waals surface area contributed by atoms with Gasteiger partial charge in [-0.3, -0.25) is 0 Å². The number of unbranched alkanes of at least 4 members (excludes halogenated alkanes) is 3. The van der Waals surface area contributed by atoms with Crippen molar-refractivity contribution in [3.8, 4) is 0 Å². The molecule has 0 aromatic rings. The van der Waals surface area contributed by atoms with Gasteiger partial charge in [0, 0.05) is 0 Å². The van der Waals surface area contributed by atoms with E-state index in [0.717, 1.165) is 70.1 Å². The second-order valence-corrected chi connectivity index (χ2v) is 42.3. The van der Waals surface area contributed by atoms with E-state index in [1.165, 1.54) is 138 Å². The molecule has 0 aromatic heterocycles. The fourth-order valence-electron chi connectivity index (χ4n) is 11.5. The molecule has 6 fully saturated rings. The Balaban J connectivity index is -0.000000105. The first-order chi connectivity index (χ1) is 26.9. The van der Waals surface area contributed by atoms with Crippen molar-refractivity contribution < 1.29 is 32.5 Å². The molecule has 0 heterocycles. The Labute approximate surface area is 540 Å². The molecule has 0 amide bonds. The third kappa shape index (κ3) is 29.4. The molecule has 6 aliphatic carbocycles. The van der Waals surface area contributed by atoms with Gasteiger partial charge in [-0.2, -0.15) is 0 Å². The Hall–Kier alpha value is 5.71. The fourth-order valence-corrected chi connectivity index (χ4v) is 44.7. The SMILES string of the molecule is C.C1C2CC3CC1C23.C1C2CC3CC1C23.C=C(C)C[Si](CCCC)(CC(=C)C)CC(=C)C.C=C(C)C[Si](CCCC)([O][InH2])[O][SnH].C=C(C)C[Si](CCCC)([O][InH2])[O][SnH].O.O.O.O.[InH2].[InH2].[SnH].[SnH]. The minimum atomic E-state index is -1.78. The zero-order valence-corrected chi connectivity index (χ0v) is 83.3. The van der Waals surface area contributed by atoms with Crippen LogP contribution in [0.2, 0.25) is 48.4 Å². The predicted molar refractivity (Wildman–Crippen MR) is 318 cm³/mol. The van der Waals surface area contributed by atoms with Gasteiger partial charge in [-0.15, -0.1) is 19.7 Å². The van der Waals surface area contributed by atoms with E-state index in [0.29, 0.717) is 49.6 Å². The van der Waals surface area contributed by atoms with Crippen molar-refractivity contribution in [2.45, 2.75) is 188 Å². The Morgan fingerprint density at radius 1 is 0.470 bits per heavy atom. The van der Waals surface area contributed by atoms with E-state index < -0.39 is 25.2 Å². The molecule has 8 N–H and O–H groups in total. The molecule has 66 heavy (non-hydrogen) atoms. The van der Waals surface area contributed by atoms with E-state index in [9.17, 15) is 0 Å². The number of allylic oxidation sites excluding steroid dienone is 5. The predicted octanol–water partition coefficient (Wildman–Crippen LogP) is 5.90. The molecule has 19 heteroatoms. The summed E-state index contributed by atoms with van der Waals surface area (Å²) in [5, 5.41) is 0. The molecule has 6 aliphatic rings. The topological polar surface area (TPSA) is 163 Å². The molecule has 0 bridgehead atoms. The van der Waals surface area contributed by atoms with Crippen LogP contribution in [0.3, 0.4) is 0 Å².